The summed E-state index contributed by atoms with van der Waals surface area (Å²) in [4.78, 5) is 8.92. The van der Waals surface area contributed by atoms with Crippen LogP contribution >= 0.6 is 11.3 Å². The van der Waals surface area contributed by atoms with E-state index in [0.717, 1.165) is 27.3 Å². The molecule has 1 heterocycles. The van der Waals surface area contributed by atoms with Crippen LogP contribution in [-0.2, 0) is 0 Å². The van der Waals surface area contributed by atoms with E-state index < -0.39 is 6.36 Å². The van der Waals surface area contributed by atoms with Crippen LogP contribution in [0.3, 0.4) is 0 Å². The monoisotopic (exact) mass is 536 g/mol. The van der Waals surface area contributed by atoms with Crippen molar-refractivity contribution < 1.29 is 17.9 Å². The third-order valence-electron chi connectivity index (χ3n) is 5.27. The van der Waals surface area contributed by atoms with Crippen LogP contribution in [0.4, 0.5) is 18.9 Å². The Morgan fingerprint density at radius 2 is 1.68 bits per heavy atom. The molecule has 0 spiro atoms. The Morgan fingerprint density at radius 1 is 0.974 bits per heavy atom. The number of rotatable bonds is 7. The molecule has 0 aliphatic carbocycles. The number of hydrogen-bond donors (Lipinski definition) is 1. The van der Waals surface area contributed by atoms with Crippen LogP contribution in [0.2, 0.25) is 0 Å². The zero-order valence-corrected chi connectivity index (χ0v) is 21.2. The molecule has 7 nitrogen and oxygen atoms in total. The van der Waals surface area contributed by atoms with Gasteiger partial charge < -0.3 is 10.5 Å². The fraction of sp³-hybridized carbons (Fsp3) is 0.111. The Labute approximate surface area is 220 Å². The van der Waals surface area contributed by atoms with E-state index in [2.05, 4.69) is 48.5 Å². The molecule has 0 atom stereocenters. The molecule has 0 saturated heterocycles. The first-order chi connectivity index (χ1) is 18.2. The van der Waals surface area contributed by atoms with Crippen molar-refractivity contribution in [2.45, 2.75) is 20.2 Å². The van der Waals surface area contributed by atoms with E-state index in [1.807, 2.05) is 36.6 Å². The third-order valence-corrected chi connectivity index (χ3v) is 6.20. The fourth-order valence-corrected chi connectivity index (χ4v) is 4.24. The summed E-state index contributed by atoms with van der Waals surface area (Å²) in [5.74, 6) is -0.0980. The van der Waals surface area contributed by atoms with Gasteiger partial charge in [-0.25, -0.2) is 9.98 Å². The molecule has 4 rings (SSSR count). The van der Waals surface area contributed by atoms with E-state index in [1.165, 1.54) is 41.9 Å². The largest absolute Gasteiger partial charge is 0.573 e. The maximum atomic E-state index is 12.2. The van der Waals surface area contributed by atoms with Crippen LogP contribution in [-0.4, -0.2) is 29.3 Å². The second kappa shape index (κ2) is 11.7. The Kier molecular flexibility index (Phi) is 8.17. The zero-order chi connectivity index (χ0) is 27.1. The molecule has 3 aromatic carbocycles. The van der Waals surface area contributed by atoms with Gasteiger partial charge in [-0.2, -0.15) is 5.10 Å². The average Bonchev–Trinajstić information content (AvgIpc) is 3.24. The highest BCUT2D eigenvalue weighted by molar-refractivity contribution is 7.07. The predicted molar refractivity (Wildman–Crippen MR) is 145 cm³/mol. The lowest BCUT2D eigenvalue weighted by atomic mass is 10.1. The summed E-state index contributed by atoms with van der Waals surface area (Å²) in [6.07, 6.45) is -1.86. The summed E-state index contributed by atoms with van der Waals surface area (Å²) in [7, 11) is 0. The lowest BCUT2D eigenvalue weighted by Gasteiger charge is -2.08. The topological polar surface area (TPSA) is 89.6 Å². The van der Waals surface area contributed by atoms with Crippen molar-refractivity contribution in [1.29, 1.82) is 0 Å². The molecule has 4 aromatic rings. The molecule has 2 N–H and O–H groups in total. The van der Waals surface area contributed by atoms with Crippen molar-refractivity contribution >= 4 is 35.4 Å². The quantitative estimate of drug-likeness (QED) is 0.177. The first-order valence-electron chi connectivity index (χ1n) is 11.3. The van der Waals surface area contributed by atoms with Crippen molar-refractivity contribution in [3.05, 3.63) is 105 Å². The number of amidine groups is 1. The fourth-order valence-electron chi connectivity index (χ4n) is 3.42. The summed E-state index contributed by atoms with van der Waals surface area (Å²) in [5, 5.41) is 10.7. The van der Waals surface area contributed by atoms with E-state index in [9.17, 15) is 13.2 Å². The second-order valence-electron chi connectivity index (χ2n) is 8.05. The Balaban J connectivity index is 1.42. The van der Waals surface area contributed by atoms with Gasteiger partial charge in [0.15, 0.2) is 0 Å². The van der Waals surface area contributed by atoms with Crippen molar-refractivity contribution in [2.24, 2.45) is 25.9 Å². The summed E-state index contributed by atoms with van der Waals surface area (Å²) in [6.45, 7) is 4.09. The minimum absolute atomic E-state index is 0.229. The Bertz CT molecular complexity index is 1550. The van der Waals surface area contributed by atoms with Gasteiger partial charge in [0, 0.05) is 16.6 Å². The van der Waals surface area contributed by atoms with Crippen LogP contribution in [0, 0.1) is 13.8 Å². The Morgan fingerprint density at radius 3 is 2.37 bits per heavy atom. The van der Waals surface area contributed by atoms with Crippen molar-refractivity contribution in [2.75, 3.05) is 0 Å². The number of aromatic nitrogens is 1. The third kappa shape index (κ3) is 7.04. The first kappa shape index (κ1) is 26.6. The molecule has 194 valence electrons. The van der Waals surface area contributed by atoms with Crippen LogP contribution in [0.5, 0.6) is 5.75 Å². The van der Waals surface area contributed by atoms with Crippen LogP contribution in [0.1, 0.15) is 22.4 Å². The van der Waals surface area contributed by atoms with Gasteiger partial charge >= 0.3 is 6.36 Å². The number of halogens is 3. The normalized spacial score (nSPS) is 13.1. The number of thiazole rings is 1. The Hall–Kier alpha value is -4.51. The van der Waals surface area contributed by atoms with Gasteiger partial charge in [-0.3, -0.25) is 4.57 Å². The van der Waals surface area contributed by atoms with Crippen molar-refractivity contribution in [1.82, 2.24) is 4.57 Å². The van der Waals surface area contributed by atoms with E-state index in [0.29, 0.717) is 11.3 Å². The number of nitrogens with two attached hydrogens (primary N) is 1. The van der Waals surface area contributed by atoms with Gasteiger partial charge in [0.1, 0.15) is 17.9 Å². The lowest BCUT2D eigenvalue weighted by Crippen LogP contribution is -2.16. The van der Waals surface area contributed by atoms with E-state index in [-0.39, 0.29) is 11.6 Å². The molecule has 38 heavy (non-hydrogen) atoms. The first-order valence-corrected chi connectivity index (χ1v) is 12.2. The summed E-state index contributed by atoms with van der Waals surface area (Å²) in [5.41, 5.74) is 11.2. The molecule has 0 aliphatic heterocycles. The number of ether oxygens (including phenoxy) is 1. The molecule has 0 saturated carbocycles. The number of hydrogen-bond acceptors (Lipinski definition) is 5. The van der Waals surface area contributed by atoms with Crippen LogP contribution in [0.15, 0.2) is 98.4 Å². The summed E-state index contributed by atoms with van der Waals surface area (Å²) in [6, 6.07) is 20.5. The van der Waals surface area contributed by atoms with Crippen LogP contribution < -0.4 is 15.3 Å². The highest BCUT2D eigenvalue weighted by Gasteiger charge is 2.30. The maximum Gasteiger partial charge on any atom is 0.573 e. The van der Waals surface area contributed by atoms with E-state index in [4.69, 9.17) is 5.73 Å². The molecule has 11 heteroatoms. The van der Waals surface area contributed by atoms with Gasteiger partial charge in [0.05, 0.1) is 17.6 Å². The standard InChI is InChI=1S/C27H23F3N6OS/c1-18-5-3-4-6-24(18)36-19(2)16-38-26(36)35-34-15-20-7-9-21(10-8-20)25(31)33-17-32-22-11-13-23(14-12-22)37-27(28,29)30/h3-17H,1-2H3,(H2,31,32,33)/b34-15-,35-26+. The highest BCUT2D eigenvalue weighted by Crippen LogP contribution is 2.24. The summed E-state index contributed by atoms with van der Waals surface area (Å²) >= 11 is 1.52. The van der Waals surface area contributed by atoms with Gasteiger partial charge in [0.2, 0.25) is 4.80 Å². The molecule has 1 aromatic heterocycles. The number of benzene rings is 3. The maximum absolute atomic E-state index is 12.2. The SMILES string of the molecule is Cc1ccccc1-n1c(C)cs/c1=N/N=C\c1ccc(C(N)=NC=Nc2ccc(OC(F)(F)F)cc2)cc1. The minimum Gasteiger partial charge on any atom is -0.406 e. The number of para-hydroxylation sites is 1. The van der Waals surface area contributed by atoms with Crippen molar-refractivity contribution in [3.8, 4) is 11.4 Å². The second-order valence-corrected chi connectivity index (χ2v) is 8.89. The molecular formula is C27H23F3N6OS. The molecular weight excluding hydrogens is 513 g/mol. The number of nitrogens with zero attached hydrogens (tertiary/aromatic N) is 5. The van der Waals surface area contributed by atoms with E-state index in [1.54, 1.807) is 18.3 Å². The molecule has 0 radical (unpaired) electrons. The summed E-state index contributed by atoms with van der Waals surface area (Å²) < 4.78 is 42.6. The number of aryl methyl sites for hydroxylation is 2. The molecule has 0 unspecified atom stereocenters. The lowest BCUT2D eigenvalue weighted by molar-refractivity contribution is -0.274. The molecule has 0 fully saturated rings. The van der Waals surface area contributed by atoms with Gasteiger partial charge in [-0.15, -0.1) is 29.6 Å². The van der Waals surface area contributed by atoms with Gasteiger partial charge in [-0.05, 0) is 55.3 Å². The zero-order valence-electron chi connectivity index (χ0n) is 20.4. The number of aliphatic imine (C=N–C) groups is 2. The average molecular weight is 537 g/mol. The smallest absolute Gasteiger partial charge is 0.406 e. The molecule has 0 aliphatic rings. The minimum atomic E-state index is -4.74. The predicted octanol–water partition coefficient (Wildman–Crippen LogP) is 6.05. The van der Waals surface area contributed by atoms with E-state index >= 15 is 0 Å². The van der Waals surface area contributed by atoms with Gasteiger partial charge in [-0.1, -0.05) is 42.5 Å². The van der Waals surface area contributed by atoms with Gasteiger partial charge in [0.25, 0.3) is 0 Å². The molecule has 0 bridgehead atoms. The molecule has 0 amide bonds. The van der Waals surface area contributed by atoms with Crippen LogP contribution in [0.25, 0.3) is 5.69 Å². The van der Waals surface area contributed by atoms with Crippen molar-refractivity contribution in [3.63, 3.8) is 0 Å². The highest BCUT2D eigenvalue weighted by atomic mass is 32.1. The number of alkyl halides is 3.